The van der Waals surface area contributed by atoms with Crippen LogP contribution in [0.1, 0.15) is 40.0 Å². The number of rotatable bonds is 6. The monoisotopic (exact) mass is 440 g/mol. The molecule has 0 aliphatic carbocycles. The highest BCUT2D eigenvalue weighted by Gasteiger charge is 2.19. The van der Waals surface area contributed by atoms with Gasteiger partial charge in [-0.15, -0.1) is 0 Å². The van der Waals surface area contributed by atoms with Crippen molar-refractivity contribution in [3.63, 3.8) is 0 Å². The van der Waals surface area contributed by atoms with Crippen LogP contribution in [0.2, 0.25) is 0 Å². The van der Waals surface area contributed by atoms with E-state index in [2.05, 4.69) is 37.4 Å². The van der Waals surface area contributed by atoms with Crippen LogP contribution in [0.15, 0.2) is 66.7 Å². The molecule has 1 atom stereocenters. The number of aromatic nitrogens is 1. The maximum absolute atomic E-state index is 13.5. The second kappa shape index (κ2) is 9.33. The van der Waals surface area contributed by atoms with E-state index in [0.717, 1.165) is 27.6 Å². The Morgan fingerprint density at radius 2 is 1.73 bits per heavy atom. The minimum atomic E-state index is -0.148. The van der Waals surface area contributed by atoms with E-state index in [-0.39, 0.29) is 11.9 Å². The van der Waals surface area contributed by atoms with Gasteiger partial charge in [-0.05, 0) is 62.2 Å². The van der Waals surface area contributed by atoms with Gasteiger partial charge in [0.05, 0.1) is 37.0 Å². The molecule has 0 aliphatic rings. The van der Waals surface area contributed by atoms with Crippen molar-refractivity contribution in [3.8, 4) is 22.8 Å². The van der Waals surface area contributed by atoms with Gasteiger partial charge in [0.25, 0.3) is 5.91 Å². The molecular weight excluding hydrogens is 412 g/mol. The third kappa shape index (κ3) is 4.53. The number of carbonyl (C=O) groups is 1. The summed E-state index contributed by atoms with van der Waals surface area (Å²) in [4.78, 5) is 18.3. The molecule has 3 aromatic carbocycles. The molecular formula is C28H28N2O3. The summed E-state index contributed by atoms with van der Waals surface area (Å²) in [6, 6.07) is 21.2. The molecule has 1 unspecified atom stereocenters. The van der Waals surface area contributed by atoms with E-state index in [1.54, 1.807) is 14.2 Å². The molecule has 1 amide bonds. The van der Waals surface area contributed by atoms with Crippen molar-refractivity contribution in [2.24, 2.45) is 0 Å². The zero-order chi connectivity index (χ0) is 23.5. The molecule has 0 aliphatic heterocycles. The number of methoxy groups -OCH3 is 2. The van der Waals surface area contributed by atoms with E-state index in [4.69, 9.17) is 14.5 Å². The fourth-order valence-corrected chi connectivity index (χ4v) is 4.09. The van der Waals surface area contributed by atoms with Crippen molar-refractivity contribution in [1.82, 2.24) is 10.3 Å². The SMILES string of the molecule is COc1ccc(OC)c(-c2cc(C(=O)NC(C)c3cc(C)ccc3C)c3ccccc3n2)c1. The van der Waals surface area contributed by atoms with Crippen LogP contribution in [0.25, 0.3) is 22.2 Å². The molecule has 0 saturated carbocycles. The normalized spacial score (nSPS) is 11.8. The van der Waals surface area contributed by atoms with Crippen LogP contribution in [0.4, 0.5) is 0 Å². The number of ether oxygens (including phenoxy) is 2. The minimum absolute atomic E-state index is 0.140. The second-order valence-corrected chi connectivity index (χ2v) is 8.19. The van der Waals surface area contributed by atoms with Gasteiger partial charge in [-0.3, -0.25) is 4.79 Å². The Morgan fingerprint density at radius 3 is 2.48 bits per heavy atom. The molecule has 0 bridgehead atoms. The van der Waals surface area contributed by atoms with E-state index in [1.165, 1.54) is 5.56 Å². The zero-order valence-corrected chi connectivity index (χ0v) is 19.6. The summed E-state index contributed by atoms with van der Waals surface area (Å²) in [6.45, 7) is 6.13. The summed E-state index contributed by atoms with van der Waals surface area (Å²) in [5.41, 5.74) is 6.14. The highest BCUT2D eigenvalue weighted by Crippen LogP contribution is 2.34. The van der Waals surface area contributed by atoms with Gasteiger partial charge in [-0.1, -0.05) is 42.0 Å². The predicted octanol–water partition coefficient (Wildman–Crippen LogP) is 6.03. The Bertz CT molecular complexity index is 1330. The van der Waals surface area contributed by atoms with Crippen LogP contribution >= 0.6 is 0 Å². The van der Waals surface area contributed by atoms with Crippen LogP contribution in [0.3, 0.4) is 0 Å². The average molecular weight is 441 g/mol. The number of benzene rings is 3. The molecule has 4 aromatic rings. The Hall–Kier alpha value is -3.86. The summed E-state index contributed by atoms with van der Waals surface area (Å²) >= 11 is 0. The average Bonchev–Trinajstić information content (AvgIpc) is 2.84. The lowest BCUT2D eigenvalue weighted by Crippen LogP contribution is -2.27. The Kier molecular flexibility index (Phi) is 6.31. The number of aryl methyl sites for hydroxylation is 2. The Labute approximate surface area is 194 Å². The van der Waals surface area contributed by atoms with Crippen molar-refractivity contribution >= 4 is 16.8 Å². The standard InChI is InChI=1S/C28H28N2O3/c1-17-10-11-18(2)22(14-17)19(3)29-28(31)23-16-26(30-25-9-7-6-8-21(23)25)24-15-20(32-4)12-13-27(24)33-5/h6-16,19H,1-5H3,(H,29,31). The van der Waals surface area contributed by atoms with Crippen LogP contribution in [-0.4, -0.2) is 25.1 Å². The van der Waals surface area contributed by atoms with Gasteiger partial charge in [0.1, 0.15) is 11.5 Å². The number of para-hydroxylation sites is 1. The fourth-order valence-electron chi connectivity index (χ4n) is 4.09. The first kappa shape index (κ1) is 22.3. The lowest BCUT2D eigenvalue weighted by atomic mass is 9.99. The largest absolute Gasteiger partial charge is 0.497 e. The third-order valence-electron chi connectivity index (χ3n) is 5.89. The highest BCUT2D eigenvalue weighted by atomic mass is 16.5. The van der Waals surface area contributed by atoms with Crippen molar-refractivity contribution < 1.29 is 14.3 Å². The van der Waals surface area contributed by atoms with Gasteiger partial charge in [0, 0.05) is 10.9 Å². The molecule has 1 heterocycles. The van der Waals surface area contributed by atoms with Gasteiger partial charge >= 0.3 is 0 Å². The lowest BCUT2D eigenvalue weighted by Gasteiger charge is -2.19. The fraction of sp³-hybridized carbons (Fsp3) is 0.214. The summed E-state index contributed by atoms with van der Waals surface area (Å²) in [6.07, 6.45) is 0. The quantitative estimate of drug-likeness (QED) is 0.398. The van der Waals surface area contributed by atoms with Crippen LogP contribution in [0, 0.1) is 13.8 Å². The Balaban J connectivity index is 1.79. The van der Waals surface area contributed by atoms with Gasteiger partial charge in [-0.2, -0.15) is 0 Å². The highest BCUT2D eigenvalue weighted by molar-refractivity contribution is 6.07. The number of carbonyl (C=O) groups excluding carboxylic acids is 1. The topological polar surface area (TPSA) is 60.5 Å². The lowest BCUT2D eigenvalue weighted by molar-refractivity contribution is 0.0941. The van der Waals surface area contributed by atoms with Crippen LogP contribution in [0.5, 0.6) is 11.5 Å². The first-order chi connectivity index (χ1) is 15.9. The molecule has 1 aromatic heterocycles. The predicted molar refractivity (Wildman–Crippen MR) is 132 cm³/mol. The molecule has 5 heteroatoms. The number of fused-ring (bicyclic) bond motifs is 1. The molecule has 33 heavy (non-hydrogen) atoms. The van der Waals surface area contributed by atoms with E-state index in [9.17, 15) is 4.79 Å². The molecule has 0 saturated heterocycles. The van der Waals surface area contributed by atoms with E-state index >= 15 is 0 Å². The molecule has 0 spiro atoms. The van der Waals surface area contributed by atoms with Gasteiger partial charge in [0.2, 0.25) is 0 Å². The second-order valence-electron chi connectivity index (χ2n) is 8.19. The van der Waals surface area contributed by atoms with Gasteiger partial charge in [0.15, 0.2) is 0 Å². The van der Waals surface area contributed by atoms with Gasteiger partial charge < -0.3 is 14.8 Å². The first-order valence-electron chi connectivity index (χ1n) is 10.9. The van der Waals surface area contributed by atoms with Gasteiger partial charge in [-0.25, -0.2) is 4.98 Å². The molecule has 0 fully saturated rings. The number of amides is 1. The molecule has 168 valence electrons. The number of nitrogens with one attached hydrogen (secondary N) is 1. The summed E-state index contributed by atoms with van der Waals surface area (Å²) in [5.74, 6) is 1.20. The van der Waals surface area contributed by atoms with Crippen molar-refractivity contribution in [2.75, 3.05) is 14.2 Å². The summed E-state index contributed by atoms with van der Waals surface area (Å²) in [5, 5.41) is 3.98. The van der Waals surface area contributed by atoms with E-state index in [0.29, 0.717) is 22.8 Å². The molecule has 5 nitrogen and oxygen atoms in total. The number of hydrogen-bond donors (Lipinski definition) is 1. The van der Waals surface area contributed by atoms with Crippen LogP contribution in [-0.2, 0) is 0 Å². The maximum atomic E-state index is 13.5. The van der Waals surface area contributed by atoms with E-state index < -0.39 is 0 Å². The zero-order valence-electron chi connectivity index (χ0n) is 19.6. The molecule has 4 rings (SSSR count). The Morgan fingerprint density at radius 1 is 0.939 bits per heavy atom. The summed E-state index contributed by atoms with van der Waals surface area (Å²) < 4.78 is 11.0. The number of hydrogen-bond acceptors (Lipinski definition) is 4. The maximum Gasteiger partial charge on any atom is 0.252 e. The van der Waals surface area contributed by atoms with Crippen molar-refractivity contribution in [2.45, 2.75) is 26.8 Å². The first-order valence-corrected chi connectivity index (χ1v) is 10.9. The van der Waals surface area contributed by atoms with Crippen molar-refractivity contribution in [3.05, 3.63) is 89.0 Å². The summed E-state index contributed by atoms with van der Waals surface area (Å²) in [7, 11) is 3.23. The number of pyridine rings is 1. The molecule has 0 radical (unpaired) electrons. The molecule has 1 N–H and O–H groups in total. The van der Waals surface area contributed by atoms with Crippen LogP contribution < -0.4 is 14.8 Å². The third-order valence-corrected chi connectivity index (χ3v) is 5.89. The minimum Gasteiger partial charge on any atom is -0.497 e. The smallest absolute Gasteiger partial charge is 0.252 e. The van der Waals surface area contributed by atoms with E-state index in [1.807, 2.05) is 55.5 Å². The number of nitrogens with zero attached hydrogens (tertiary/aromatic N) is 1. The van der Waals surface area contributed by atoms with Crippen molar-refractivity contribution in [1.29, 1.82) is 0 Å².